The highest BCUT2D eigenvalue weighted by molar-refractivity contribution is 14.0. The molecular formula is C17H28FIN4O2. The normalized spacial score (nSPS) is 18.3. The minimum absolute atomic E-state index is 0. The number of ether oxygens (including phenoxy) is 2. The highest BCUT2D eigenvalue weighted by atomic mass is 127. The van der Waals surface area contributed by atoms with E-state index in [9.17, 15) is 4.39 Å². The van der Waals surface area contributed by atoms with Crippen molar-refractivity contribution in [2.24, 2.45) is 10.7 Å². The zero-order valence-corrected chi connectivity index (χ0v) is 17.1. The third-order valence-corrected chi connectivity index (χ3v) is 3.97. The molecule has 0 saturated carbocycles. The van der Waals surface area contributed by atoms with Gasteiger partial charge >= 0.3 is 0 Å². The van der Waals surface area contributed by atoms with Crippen molar-refractivity contribution in [2.75, 3.05) is 46.6 Å². The van der Waals surface area contributed by atoms with E-state index < -0.39 is 0 Å². The number of hydrogen-bond acceptors (Lipinski definition) is 4. The fourth-order valence-corrected chi connectivity index (χ4v) is 2.81. The SMILES string of the molecule is COCC(C)NC(N)=NCC(c1cccc(F)c1)N1CCOCC1.I. The summed E-state index contributed by atoms with van der Waals surface area (Å²) in [7, 11) is 1.64. The molecule has 6 nitrogen and oxygen atoms in total. The minimum Gasteiger partial charge on any atom is -0.383 e. The van der Waals surface area contributed by atoms with Crippen LogP contribution in [-0.4, -0.2) is 63.5 Å². The number of morpholine rings is 1. The van der Waals surface area contributed by atoms with Crippen LogP contribution in [0.5, 0.6) is 0 Å². The maximum atomic E-state index is 13.6. The molecule has 0 bridgehead atoms. The highest BCUT2D eigenvalue weighted by Crippen LogP contribution is 2.23. The van der Waals surface area contributed by atoms with Crippen LogP contribution in [0.2, 0.25) is 0 Å². The Bertz CT molecular complexity index is 541. The summed E-state index contributed by atoms with van der Waals surface area (Å²) in [5, 5.41) is 3.09. The van der Waals surface area contributed by atoms with E-state index in [0.29, 0.717) is 32.3 Å². The van der Waals surface area contributed by atoms with Crippen LogP contribution in [0.4, 0.5) is 4.39 Å². The van der Waals surface area contributed by atoms with E-state index in [2.05, 4.69) is 15.2 Å². The number of halogens is 2. The number of hydrogen-bond donors (Lipinski definition) is 2. The molecule has 0 spiro atoms. The van der Waals surface area contributed by atoms with Gasteiger partial charge in [-0.05, 0) is 24.6 Å². The number of nitrogens with zero attached hydrogens (tertiary/aromatic N) is 2. The molecule has 1 aromatic carbocycles. The van der Waals surface area contributed by atoms with Gasteiger partial charge in [-0.15, -0.1) is 24.0 Å². The van der Waals surface area contributed by atoms with Crippen LogP contribution < -0.4 is 11.1 Å². The Balaban J connectivity index is 0.00000312. The Kier molecular flexibility index (Phi) is 10.2. The van der Waals surface area contributed by atoms with Crippen molar-refractivity contribution in [3.8, 4) is 0 Å². The quantitative estimate of drug-likeness (QED) is 0.364. The third-order valence-electron chi connectivity index (χ3n) is 3.97. The molecule has 8 heteroatoms. The van der Waals surface area contributed by atoms with Gasteiger partial charge in [-0.1, -0.05) is 12.1 Å². The van der Waals surface area contributed by atoms with Gasteiger partial charge < -0.3 is 20.5 Å². The van der Waals surface area contributed by atoms with Crippen LogP contribution in [0, 0.1) is 5.82 Å². The first-order valence-electron chi connectivity index (χ1n) is 8.22. The predicted molar refractivity (Wildman–Crippen MR) is 108 cm³/mol. The monoisotopic (exact) mass is 466 g/mol. The second-order valence-electron chi connectivity index (χ2n) is 5.95. The maximum absolute atomic E-state index is 13.6. The second-order valence-corrected chi connectivity index (χ2v) is 5.95. The first-order chi connectivity index (χ1) is 11.6. The molecular weight excluding hydrogens is 438 g/mol. The second kappa shape index (κ2) is 11.6. The van der Waals surface area contributed by atoms with Gasteiger partial charge in [0, 0.05) is 26.2 Å². The first-order valence-corrected chi connectivity index (χ1v) is 8.22. The van der Waals surface area contributed by atoms with E-state index in [1.165, 1.54) is 6.07 Å². The molecule has 2 atom stereocenters. The molecule has 0 amide bonds. The van der Waals surface area contributed by atoms with Crippen molar-refractivity contribution in [1.82, 2.24) is 10.2 Å². The highest BCUT2D eigenvalue weighted by Gasteiger charge is 2.23. The molecule has 1 fully saturated rings. The van der Waals surface area contributed by atoms with Crippen molar-refractivity contribution in [1.29, 1.82) is 0 Å². The average Bonchev–Trinajstić information content (AvgIpc) is 2.56. The van der Waals surface area contributed by atoms with Crippen molar-refractivity contribution in [2.45, 2.75) is 19.0 Å². The van der Waals surface area contributed by atoms with Crippen LogP contribution >= 0.6 is 24.0 Å². The van der Waals surface area contributed by atoms with Crippen molar-refractivity contribution < 1.29 is 13.9 Å². The molecule has 25 heavy (non-hydrogen) atoms. The number of methoxy groups -OCH3 is 1. The van der Waals surface area contributed by atoms with E-state index in [1.54, 1.807) is 19.2 Å². The van der Waals surface area contributed by atoms with Crippen LogP contribution in [0.25, 0.3) is 0 Å². The molecule has 1 aliphatic heterocycles. The Labute approximate surface area is 166 Å². The summed E-state index contributed by atoms with van der Waals surface area (Å²) in [5.74, 6) is 0.128. The summed E-state index contributed by atoms with van der Waals surface area (Å²) in [4.78, 5) is 6.71. The molecule has 2 rings (SSSR count). The van der Waals surface area contributed by atoms with Gasteiger partial charge in [-0.25, -0.2) is 4.39 Å². The van der Waals surface area contributed by atoms with E-state index in [4.69, 9.17) is 15.2 Å². The summed E-state index contributed by atoms with van der Waals surface area (Å²) >= 11 is 0. The standard InChI is InChI=1S/C17H27FN4O2.HI/c1-13(12-23-2)21-17(19)20-11-16(22-6-8-24-9-7-22)14-4-3-5-15(18)10-14;/h3-5,10,13,16H,6-9,11-12H2,1-2H3,(H3,19,20,21);1H. The lowest BCUT2D eigenvalue weighted by Gasteiger charge is -2.34. The molecule has 1 heterocycles. The van der Waals surface area contributed by atoms with Gasteiger partial charge in [0.05, 0.1) is 32.4 Å². The van der Waals surface area contributed by atoms with Gasteiger partial charge in [0.15, 0.2) is 5.96 Å². The van der Waals surface area contributed by atoms with Crippen LogP contribution in [-0.2, 0) is 9.47 Å². The fourth-order valence-electron chi connectivity index (χ4n) is 2.81. The van der Waals surface area contributed by atoms with Crippen molar-refractivity contribution >= 4 is 29.9 Å². The Hall–Kier alpha value is -0.970. The molecule has 0 aromatic heterocycles. The van der Waals surface area contributed by atoms with E-state index >= 15 is 0 Å². The van der Waals surface area contributed by atoms with Gasteiger partial charge in [-0.2, -0.15) is 0 Å². The zero-order chi connectivity index (χ0) is 17.4. The molecule has 1 saturated heterocycles. The third kappa shape index (κ3) is 7.43. The van der Waals surface area contributed by atoms with Crippen molar-refractivity contribution in [3.05, 3.63) is 35.6 Å². The van der Waals surface area contributed by atoms with E-state index in [-0.39, 0.29) is 41.9 Å². The zero-order valence-electron chi connectivity index (χ0n) is 14.8. The average molecular weight is 466 g/mol. The summed E-state index contributed by atoms with van der Waals surface area (Å²) in [5.41, 5.74) is 6.86. The summed E-state index contributed by atoms with van der Waals surface area (Å²) in [6.07, 6.45) is 0. The lowest BCUT2D eigenvalue weighted by molar-refractivity contribution is 0.0179. The van der Waals surface area contributed by atoms with Crippen molar-refractivity contribution in [3.63, 3.8) is 0 Å². The summed E-state index contributed by atoms with van der Waals surface area (Å²) < 4.78 is 24.1. The number of nitrogens with two attached hydrogens (primary N) is 1. The molecule has 3 N–H and O–H groups in total. The molecule has 1 aliphatic rings. The van der Waals surface area contributed by atoms with E-state index in [0.717, 1.165) is 18.7 Å². The molecule has 142 valence electrons. The number of aliphatic imine (C=N–C) groups is 1. The Morgan fingerprint density at radius 2 is 2.16 bits per heavy atom. The fraction of sp³-hybridized carbons (Fsp3) is 0.588. The largest absolute Gasteiger partial charge is 0.383 e. The molecule has 2 unspecified atom stereocenters. The van der Waals surface area contributed by atoms with Gasteiger partial charge in [0.1, 0.15) is 5.82 Å². The Morgan fingerprint density at radius 1 is 1.44 bits per heavy atom. The van der Waals surface area contributed by atoms with Gasteiger partial charge in [0.2, 0.25) is 0 Å². The maximum Gasteiger partial charge on any atom is 0.188 e. The first kappa shape index (κ1) is 22.1. The Morgan fingerprint density at radius 3 is 2.80 bits per heavy atom. The van der Waals surface area contributed by atoms with E-state index in [1.807, 2.05) is 13.0 Å². The van der Waals surface area contributed by atoms with Crippen LogP contribution in [0.3, 0.4) is 0 Å². The lowest BCUT2D eigenvalue weighted by Crippen LogP contribution is -2.43. The summed E-state index contributed by atoms with van der Waals surface area (Å²) in [6.45, 7) is 5.92. The number of nitrogens with one attached hydrogen (secondary N) is 1. The topological polar surface area (TPSA) is 72.1 Å². The molecule has 1 aromatic rings. The predicted octanol–water partition coefficient (Wildman–Crippen LogP) is 1.76. The molecule has 0 aliphatic carbocycles. The number of rotatable bonds is 7. The molecule has 0 radical (unpaired) electrons. The minimum atomic E-state index is -0.241. The van der Waals surface area contributed by atoms with Gasteiger partial charge in [-0.3, -0.25) is 9.89 Å². The summed E-state index contributed by atoms with van der Waals surface area (Å²) in [6, 6.07) is 6.72. The van der Waals surface area contributed by atoms with Gasteiger partial charge in [0.25, 0.3) is 0 Å². The lowest BCUT2D eigenvalue weighted by atomic mass is 10.0. The smallest absolute Gasteiger partial charge is 0.188 e. The van der Waals surface area contributed by atoms with Crippen LogP contribution in [0.1, 0.15) is 18.5 Å². The number of benzene rings is 1. The van der Waals surface area contributed by atoms with Crippen LogP contribution in [0.15, 0.2) is 29.3 Å². The number of guanidine groups is 1.